The lowest BCUT2D eigenvalue weighted by Gasteiger charge is -2.14. The number of anilines is 2. The van der Waals surface area contributed by atoms with Crippen LogP contribution in [0, 0.1) is 5.82 Å². The lowest BCUT2D eigenvalue weighted by atomic mass is 10.1. The zero-order valence-electron chi connectivity index (χ0n) is 18.8. The van der Waals surface area contributed by atoms with Crippen LogP contribution in [0.15, 0.2) is 78.5 Å². The first-order valence-electron chi connectivity index (χ1n) is 10.8. The highest BCUT2D eigenvalue weighted by molar-refractivity contribution is 7.80. The molecule has 7 nitrogen and oxygen atoms in total. The van der Waals surface area contributed by atoms with Crippen LogP contribution in [0.25, 0.3) is 6.08 Å². The van der Waals surface area contributed by atoms with Gasteiger partial charge in [0.2, 0.25) is 0 Å². The van der Waals surface area contributed by atoms with Gasteiger partial charge in [-0.1, -0.05) is 36.4 Å². The van der Waals surface area contributed by atoms with Crippen LogP contribution in [0.2, 0.25) is 0 Å². The first-order chi connectivity index (χ1) is 17.0. The van der Waals surface area contributed by atoms with Crippen LogP contribution in [0.4, 0.5) is 15.8 Å². The van der Waals surface area contributed by atoms with Gasteiger partial charge in [0, 0.05) is 5.69 Å². The summed E-state index contributed by atoms with van der Waals surface area (Å²) in [4.78, 5) is 26.2. The number of nitrogens with zero attached hydrogens (tertiary/aromatic N) is 1. The van der Waals surface area contributed by atoms with Gasteiger partial charge in [-0.15, -0.1) is 0 Å². The Bertz CT molecular complexity index is 1300. The Morgan fingerprint density at radius 2 is 1.80 bits per heavy atom. The van der Waals surface area contributed by atoms with Crippen LogP contribution in [-0.2, 0) is 9.59 Å². The van der Waals surface area contributed by atoms with Crippen molar-refractivity contribution in [3.8, 4) is 11.5 Å². The van der Waals surface area contributed by atoms with Gasteiger partial charge >= 0.3 is 0 Å². The van der Waals surface area contributed by atoms with E-state index in [1.54, 1.807) is 42.5 Å². The third kappa shape index (κ3) is 5.64. The zero-order chi connectivity index (χ0) is 24.8. The van der Waals surface area contributed by atoms with Gasteiger partial charge in [0.05, 0.1) is 12.3 Å². The van der Waals surface area contributed by atoms with Crippen molar-refractivity contribution in [2.75, 3.05) is 23.4 Å². The molecule has 3 aromatic rings. The van der Waals surface area contributed by atoms with Crippen LogP contribution in [-0.4, -0.2) is 30.1 Å². The van der Waals surface area contributed by atoms with Crippen molar-refractivity contribution in [3.63, 3.8) is 0 Å². The summed E-state index contributed by atoms with van der Waals surface area (Å²) in [6.07, 6.45) is 1.59. The van der Waals surface area contributed by atoms with E-state index in [0.717, 1.165) is 4.90 Å². The van der Waals surface area contributed by atoms with E-state index in [1.165, 1.54) is 18.2 Å². The Morgan fingerprint density at radius 1 is 1.06 bits per heavy atom. The van der Waals surface area contributed by atoms with Crippen molar-refractivity contribution in [2.24, 2.45) is 0 Å². The molecule has 1 aliphatic rings. The molecule has 0 saturated carbocycles. The van der Waals surface area contributed by atoms with Gasteiger partial charge < -0.3 is 20.1 Å². The van der Waals surface area contributed by atoms with Crippen LogP contribution < -0.4 is 25.0 Å². The second kappa shape index (κ2) is 10.8. The third-order valence-corrected chi connectivity index (χ3v) is 5.25. The molecule has 0 unspecified atom stereocenters. The van der Waals surface area contributed by atoms with Gasteiger partial charge in [-0.05, 0) is 67.2 Å². The average molecular weight is 492 g/mol. The molecule has 1 heterocycles. The molecule has 35 heavy (non-hydrogen) atoms. The highest BCUT2D eigenvalue weighted by Gasteiger charge is 2.33. The molecule has 3 aromatic carbocycles. The first kappa shape index (κ1) is 23.9. The molecule has 0 bridgehead atoms. The maximum absolute atomic E-state index is 14.2. The maximum atomic E-state index is 14.2. The van der Waals surface area contributed by atoms with Crippen molar-refractivity contribution in [1.82, 2.24) is 5.32 Å². The second-order valence-corrected chi connectivity index (χ2v) is 7.81. The summed E-state index contributed by atoms with van der Waals surface area (Å²) < 4.78 is 25.5. The fourth-order valence-electron chi connectivity index (χ4n) is 3.42. The summed E-state index contributed by atoms with van der Waals surface area (Å²) in [6.45, 7) is 1.99. The summed E-state index contributed by atoms with van der Waals surface area (Å²) >= 11 is 5.25. The number of halogens is 1. The largest absolute Gasteiger partial charge is 0.490 e. The van der Waals surface area contributed by atoms with E-state index in [0.29, 0.717) is 29.4 Å². The SMILES string of the molecule is CCOc1cc(/C=C2\NC(=S)N(c3ccccc3F)C2=O)ccc1OCC(=O)Nc1ccccc1. The fraction of sp³-hybridized carbons (Fsp3) is 0.115. The number of benzene rings is 3. The van der Waals surface area contributed by atoms with Gasteiger partial charge in [0.1, 0.15) is 11.5 Å². The Balaban J connectivity index is 1.49. The number of rotatable bonds is 8. The lowest BCUT2D eigenvalue weighted by Crippen LogP contribution is -2.31. The number of carbonyl (C=O) groups is 2. The van der Waals surface area contributed by atoms with E-state index in [1.807, 2.05) is 25.1 Å². The third-order valence-electron chi connectivity index (χ3n) is 4.97. The summed E-state index contributed by atoms with van der Waals surface area (Å²) in [6, 6.07) is 20.0. The van der Waals surface area contributed by atoms with Gasteiger partial charge in [0.25, 0.3) is 11.8 Å². The Labute approximate surface area is 207 Å². The Hall–Kier alpha value is -4.24. The van der Waals surface area contributed by atoms with E-state index in [-0.39, 0.29) is 29.0 Å². The predicted molar refractivity (Wildman–Crippen MR) is 136 cm³/mol. The molecule has 1 aliphatic heterocycles. The minimum absolute atomic E-state index is 0.0749. The zero-order valence-corrected chi connectivity index (χ0v) is 19.6. The number of ether oxygens (including phenoxy) is 2. The molecule has 2 N–H and O–H groups in total. The van der Waals surface area contributed by atoms with Gasteiger partial charge in [-0.25, -0.2) is 9.29 Å². The maximum Gasteiger partial charge on any atom is 0.281 e. The number of nitrogens with one attached hydrogen (secondary N) is 2. The van der Waals surface area contributed by atoms with Crippen LogP contribution in [0.3, 0.4) is 0 Å². The molecular weight excluding hydrogens is 469 g/mol. The quantitative estimate of drug-likeness (QED) is 0.357. The van der Waals surface area contributed by atoms with E-state index in [4.69, 9.17) is 21.7 Å². The molecule has 0 spiro atoms. The average Bonchev–Trinajstić information content (AvgIpc) is 3.12. The van der Waals surface area contributed by atoms with E-state index >= 15 is 0 Å². The molecule has 0 aliphatic carbocycles. The molecule has 1 fully saturated rings. The standard InChI is InChI=1S/C26H22FN3O4S/c1-2-33-23-15-17(12-13-22(23)34-16-24(31)28-18-8-4-3-5-9-18)14-20-25(32)30(26(35)29-20)21-11-7-6-10-19(21)27/h3-15H,2,16H2,1H3,(H,28,31)(H,29,35)/b20-14-. The molecule has 0 aromatic heterocycles. The summed E-state index contributed by atoms with van der Waals surface area (Å²) in [5.74, 6) is -0.550. The van der Waals surface area contributed by atoms with Crippen molar-refractivity contribution in [1.29, 1.82) is 0 Å². The Kier molecular flexibility index (Phi) is 7.37. The van der Waals surface area contributed by atoms with Crippen LogP contribution in [0.5, 0.6) is 11.5 Å². The first-order valence-corrected chi connectivity index (χ1v) is 11.2. The number of thiocarbonyl (C=S) groups is 1. The van der Waals surface area contributed by atoms with E-state index in [9.17, 15) is 14.0 Å². The molecular formula is C26H22FN3O4S. The smallest absolute Gasteiger partial charge is 0.281 e. The molecule has 9 heteroatoms. The molecule has 4 rings (SSSR count). The van der Waals surface area contributed by atoms with Gasteiger partial charge in [-0.3, -0.25) is 9.59 Å². The van der Waals surface area contributed by atoms with Crippen molar-refractivity contribution >= 4 is 46.6 Å². The normalized spacial score (nSPS) is 14.1. The molecule has 178 valence electrons. The Morgan fingerprint density at radius 3 is 2.54 bits per heavy atom. The predicted octanol–water partition coefficient (Wildman–Crippen LogP) is 4.50. The number of hydrogen-bond donors (Lipinski definition) is 2. The van der Waals surface area contributed by atoms with Gasteiger partial charge in [-0.2, -0.15) is 0 Å². The minimum atomic E-state index is -0.553. The van der Waals surface area contributed by atoms with Gasteiger partial charge in [0.15, 0.2) is 23.2 Å². The highest BCUT2D eigenvalue weighted by Crippen LogP contribution is 2.30. The number of amides is 2. The summed E-state index contributed by atoms with van der Waals surface area (Å²) in [7, 11) is 0. The number of para-hydroxylation sites is 2. The molecule has 1 saturated heterocycles. The highest BCUT2D eigenvalue weighted by atomic mass is 32.1. The van der Waals surface area contributed by atoms with E-state index in [2.05, 4.69) is 10.6 Å². The monoisotopic (exact) mass is 491 g/mol. The van der Waals surface area contributed by atoms with Crippen molar-refractivity contribution < 1.29 is 23.5 Å². The summed E-state index contributed by atoms with van der Waals surface area (Å²) in [5.41, 5.74) is 1.57. The van der Waals surface area contributed by atoms with Crippen molar-refractivity contribution in [2.45, 2.75) is 6.92 Å². The topological polar surface area (TPSA) is 79.9 Å². The number of carbonyl (C=O) groups excluding carboxylic acids is 2. The minimum Gasteiger partial charge on any atom is -0.490 e. The second-order valence-electron chi connectivity index (χ2n) is 7.42. The molecule has 2 amide bonds. The summed E-state index contributed by atoms with van der Waals surface area (Å²) in [5, 5.41) is 5.67. The van der Waals surface area contributed by atoms with Crippen LogP contribution >= 0.6 is 12.2 Å². The molecule has 0 atom stereocenters. The lowest BCUT2D eigenvalue weighted by molar-refractivity contribution is -0.118. The van der Waals surface area contributed by atoms with E-state index < -0.39 is 11.7 Å². The number of hydrogen-bond acceptors (Lipinski definition) is 5. The molecule has 0 radical (unpaired) electrons. The van der Waals surface area contributed by atoms with Crippen molar-refractivity contribution in [3.05, 3.63) is 89.9 Å². The fourth-order valence-corrected chi connectivity index (χ4v) is 3.71. The van der Waals surface area contributed by atoms with Crippen LogP contribution in [0.1, 0.15) is 12.5 Å².